The van der Waals surface area contributed by atoms with Crippen molar-refractivity contribution in [3.8, 4) is 16.9 Å². The summed E-state index contributed by atoms with van der Waals surface area (Å²) in [5.41, 5.74) is 4.27. The lowest BCUT2D eigenvalue weighted by Crippen LogP contribution is -2.35. The van der Waals surface area contributed by atoms with Gasteiger partial charge in [-0.25, -0.2) is 4.79 Å². The number of carboxylic acids is 1. The summed E-state index contributed by atoms with van der Waals surface area (Å²) in [7, 11) is 0. The van der Waals surface area contributed by atoms with Gasteiger partial charge in [-0.3, -0.25) is 4.79 Å². The van der Waals surface area contributed by atoms with E-state index in [9.17, 15) is 27.9 Å². The highest BCUT2D eigenvalue weighted by Gasteiger charge is 2.33. The Bertz CT molecular complexity index is 1180. The first-order valence-electron chi connectivity index (χ1n) is 10.9. The molecule has 9 heteroatoms. The third kappa shape index (κ3) is 5.74. The van der Waals surface area contributed by atoms with Gasteiger partial charge in [-0.05, 0) is 40.3 Å². The van der Waals surface area contributed by atoms with Crippen molar-refractivity contribution in [2.24, 2.45) is 5.92 Å². The molecule has 6 nitrogen and oxygen atoms in total. The highest BCUT2D eigenvalue weighted by molar-refractivity contribution is 5.79. The fraction of sp³-hybridized carbons (Fsp3) is 0.231. The highest BCUT2D eigenvalue weighted by atomic mass is 19.4. The molecule has 1 aliphatic rings. The molecule has 35 heavy (non-hydrogen) atoms. The quantitative estimate of drug-likeness (QED) is 0.448. The van der Waals surface area contributed by atoms with E-state index in [2.05, 4.69) is 10.1 Å². The van der Waals surface area contributed by atoms with Gasteiger partial charge in [-0.2, -0.15) is 0 Å². The van der Waals surface area contributed by atoms with Crippen LogP contribution in [-0.2, 0) is 16.0 Å². The van der Waals surface area contributed by atoms with E-state index in [-0.39, 0.29) is 31.1 Å². The zero-order chi connectivity index (χ0) is 25.0. The van der Waals surface area contributed by atoms with Gasteiger partial charge in [0.1, 0.15) is 12.4 Å². The first kappa shape index (κ1) is 24.1. The second kappa shape index (κ2) is 10.1. The molecule has 0 spiro atoms. The standard InChI is InChI=1S/C26H22F3NO5/c27-26(28,29)35-23-12-6-1-7-16(23)13-17(24(31)32)14-30-25(33)34-15-22-20-10-4-2-8-18(20)19-9-3-5-11-21(19)22/h1-12,17,22H,13-15H2,(H,30,33)(H,31,32)/t17-/m1/s1. The summed E-state index contributed by atoms with van der Waals surface area (Å²) in [4.78, 5) is 24.1. The van der Waals surface area contributed by atoms with Gasteiger partial charge in [-0.15, -0.1) is 13.2 Å². The van der Waals surface area contributed by atoms with E-state index < -0.39 is 30.1 Å². The Kier molecular flexibility index (Phi) is 6.95. The SMILES string of the molecule is O=C(NC[C@@H](Cc1ccccc1OC(F)(F)F)C(=O)O)OCC1c2ccccc2-c2ccccc21. The fourth-order valence-corrected chi connectivity index (χ4v) is 4.26. The molecule has 3 aromatic rings. The van der Waals surface area contributed by atoms with Gasteiger partial charge in [0.2, 0.25) is 0 Å². The third-order valence-electron chi connectivity index (χ3n) is 5.85. The van der Waals surface area contributed by atoms with Gasteiger partial charge >= 0.3 is 18.4 Å². The molecule has 0 radical (unpaired) electrons. The number of ether oxygens (including phenoxy) is 2. The van der Waals surface area contributed by atoms with Gasteiger partial charge in [0, 0.05) is 12.5 Å². The van der Waals surface area contributed by atoms with Gasteiger partial charge < -0.3 is 19.9 Å². The number of para-hydroxylation sites is 1. The van der Waals surface area contributed by atoms with Crippen LogP contribution in [0.1, 0.15) is 22.6 Å². The van der Waals surface area contributed by atoms with Crippen LogP contribution in [0.15, 0.2) is 72.8 Å². The minimum atomic E-state index is -4.91. The van der Waals surface area contributed by atoms with Gasteiger partial charge in [-0.1, -0.05) is 66.7 Å². The highest BCUT2D eigenvalue weighted by Crippen LogP contribution is 2.44. The zero-order valence-corrected chi connectivity index (χ0v) is 18.4. The van der Waals surface area contributed by atoms with Crippen LogP contribution in [0.3, 0.4) is 0 Å². The number of carbonyl (C=O) groups is 2. The zero-order valence-electron chi connectivity index (χ0n) is 18.4. The van der Waals surface area contributed by atoms with Crippen LogP contribution in [0.4, 0.5) is 18.0 Å². The molecule has 3 aromatic carbocycles. The summed E-state index contributed by atoms with van der Waals surface area (Å²) in [6.45, 7) is -0.272. The number of hydrogen-bond donors (Lipinski definition) is 2. The smallest absolute Gasteiger partial charge is 0.481 e. The molecular formula is C26H22F3NO5. The van der Waals surface area contributed by atoms with Crippen LogP contribution >= 0.6 is 0 Å². The second-order valence-corrected chi connectivity index (χ2v) is 8.10. The number of alkyl halides is 3. The maximum Gasteiger partial charge on any atom is 0.573 e. The summed E-state index contributed by atoms with van der Waals surface area (Å²) < 4.78 is 47.4. The number of rotatable bonds is 8. The van der Waals surface area contributed by atoms with E-state index in [0.29, 0.717) is 0 Å². The number of halogens is 3. The van der Waals surface area contributed by atoms with E-state index in [0.717, 1.165) is 28.3 Å². The maximum atomic E-state index is 12.7. The predicted octanol–water partition coefficient (Wildman–Crippen LogP) is 5.37. The van der Waals surface area contributed by atoms with Crippen molar-refractivity contribution in [2.45, 2.75) is 18.7 Å². The number of aliphatic carboxylic acids is 1. The van der Waals surface area contributed by atoms with Crippen molar-refractivity contribution in [3.05, 3.63) is 89.5 Å². The number of fused-ring (bicyclic) bond motifs is 3. The molecule has 0 bridgehead atoms. The van der Waals surface area contributed by atoms with Gasteiger partial charge in [0.25, 0.3) is 0 Å². The third-order valence-corrected chi connectivity index (χ3v) is 5.85. The average Bonchev–Trinajstić information content (AvgIpc) is 3.14. The Morgan fingerprint density at radius 3 is 2.09 bits per heavy atom. The molecular weight excluding hydrogens is 463 g/mol. The van der Waals surface area contributed by atoms with Crippen LogP contribution in [-0.4, -0.2) is 36.7 Å². The number of alkyl carbamates (subject to hydrolysis) is 1. The van der Waals surface area contributed by atoms with Crippen LogP contribution in [0.25, 0.3) is 11.1 Å². The van der Waals surface area contributed by atoms with E-state index in [1.807, 2.05) is 48.5 Å². The minimum Gasteiger partial charge on any atom is -0.481 e. The number of benzene rings is 3. The van der Waals surface area contributed by atoms with Crippen LogP contribution in [0.5, 0.6) is 5.75 Å². The largest absolute Gasteiger partial charge is 0.573 e. The molecule has 0 saturated carbocycles. The number of nitrogens with one attached hydrogen (secondary N) is 1. The molecule has 1 aliphatic carbocycles. The number of carbonyl (C=O) groups excluding carboxylic acids is 1. The Hall–Kier alpha value is -4.01. The van der Waals surface area contributed by atoms with E-state index in [4.69, 9.17) is 4.74 Å². The molecule has 1 amide bonds. The first-order chi connectivity index (χ1) is 16.7. The number of carboxylic acid groups (broad SMARTS) is 1. The summed E-state index contributed by atoms with van der Waals surface area (Å²) in [6, 6.07) is 21.0. The molecule has 1 atom stereocenters. The van der Waals surface area contributed by atoms with E-state index >= 15 is 0 Å². The van der Waals surface area contributed by atoms with Crippen molar-refractivity contribution < 1.29 is 37.3 Å². The Balaban J connectivity index is 1.37. The van der Waals surface area contributed by atoms with Crippen molar-refractivity contribution >= 4 is 12.1 Å². The second-order valence-electron chi connectivity index (χ2n) is 8.10. The van der Waals surface area contributed by atoms with E-state index in [1.165, 1.54) is 18.2 Å². The van der Waals surface area contributed by atoms with Crippen molar-refractivity contribution in [3.63, 3.8) is 0 Å². The molecule has 0 aliphatic heterocycles. The van der Waals surface area contributed by atoms with Crippen LogP contribution in [0, 0.1) is 5.92 Å². The van der Waals surface area contributed by atoms with Crippen LogP contribution in [0.2, 0.25) is 0 Å². The molecule has 0 unspecified atom stereocenters. The molecule has 0 aromatic heterocycles. The summed E-state index contributed by atoms with van der Waals surface area (Å²) >= 11 is 0. The van der Waals surface area contributed by atoms with Gasteiger partial charge in [0.05, 0.1) is 5.92 Å². The normalized spacial score (nSPS) is 13.5. The lowest BCUT2D eigenvalue weighted by atomic mass is 9.98. The maximum absolute atomic E-state index is 12.7. The molecule has 0 saturated heterocycles. The first-order valence-corrected chi connectivity index (χ1v) is 10.9. The number of amides is 1. The monoisotopic (exact) mass is 485 g/mol. The minimum absolute atomic E-state index is 0.0554. The van der Waals surface area contributed by atoms with Crippen LogP contribution < -0.4 is 10.1 Å². The molecule has 4 rings (SSSR count). The Morgan fingerprint density at radius 2 is 1.49 bits per heavy atom. The summed E-state index contributed by atoms with van der Waals surface area (Å²) in [6.07, 6.45) is -5.99. The summed E-state index contributed by atoms with van der Waals surface area (Å²) in [5, 5.41) is 12.0. The predicted molar refractivity (Wildman–Crippen MR) is 121 cm³/mol. The van der Waals surface area contributed by atoms with Crippen molar-refractivity contribution in [1.82, 2.24) is 5.32 Å². The lowest BCUT2D eigenvalue weighted by molar-refractivity contribution is -0.274. The van der Waals surface area contributed by atoms with Gasteiger partial charge in [0.15, 0.2) is 0 Å². The fourth-order valence-electron chi connectivity index (χ4n) is 4.26. The molecule has 2 N–H and O–H groups in total. The topological polar surface area (TPSA) is 84.9 Å². The molecule has 0 heterocycles. The molecule has 182 valence electrons. The Labute approximate surface area is 199 Å². The average molecular weight is 485 g/mol. The summed E-state index contributed by atoms with van der Waals surface area (Å²) in [5.74, 6) is -3.10. The van der Waals surface area contributed by atoms with E-state index in [1.54, 1.807) is 0 Å². The van der Waals surface area contributed by atoms with Crippen molar-refractivity contribution in [2.75, 3.05) is 13.2 Å². The molecule has 0 fully saturated rings. The number of hydrogen-bond acceptors (Lipinski definition) is 4. The lowest BCUT2D eigenvalue weighted by Gasteiger charge is -2.18. The Morgan fingerprint density at radius 1 is 0.914 bits per heavy atom. The van der Waals surface area contributed by atoms with Crippen molar-refractivity contribution in [1.29, 1.82) is 0 Å².